The van der Waals surface area contributed by atoms with E-state index in [2.05, 4.69) is 47.4 Å². The van der Waals surface area contributed by atoms with Crippen LogP contribution in [-0.4, -0.2) is 24.5 Å². The highest BCUT2D eigenvalue weighted by molar-refractivity contribution is 9.11. The zero-order valence-electron chi connectivity index (χ0n) is 14.9. The predicted octanol–water partition coefficient (Wildman–Crippen LogP) is 4.73. The number of nitrogens with one attached hydrogen (secondary N) is 1. The van der Waals surface area contributed by atoms with Gasteiger partial charge in [-0.3, -0.25) is 15.5 Å². The second-order valence-corrected chi connectivity index (χ2v) is 8.95. The van der Waals surface area contributed by atoms with Crippen LogP contribution in [0.2, 0.25) is 0 Å². The first-order valence-electron chi connectivity index (χ1n) is 8.14. The maximum absolute atomic E-state index is 12.4. The summed E-state index contributed by atoms with van der Waals surface area (Å²) in [6, 6.07) is 13.8. The summed E-state index contributed by atoms with van der Waals surface area (Å²) in [5.41, 5.74) is 3.14. The number of hydrogen-bond acceptors (Lipinski definition) is 8. The van der Waals surface area contributed by atoms with Crippen molar-refractivity contribution >= 4 is 59.7 Å². The van der Waals surface area contributed by atoms with Gasteiger partial charge in [-0.15, -0.1) is 0 Å². The Bertz CT molecular complexity index is 1180. The van der Waals surface area contributed by atoms with E-state index in [-0.39, 0.29) is 16.3 Å². The van der Waals surface area contributed by atoms with E-state index in [0.717, 1.165) is 6.20 Å². The Morgan fingerprint density at radius 2 is 1.77 bits per heavy atom. The maximum Gasteiger partial charge on any atom is 0.339 e. The van der Waals surface area contributed by atoms with Crippen LogP contribution in [0.15, 0.2) is 79.7 Å². The molecule has 1 N–H and O–H groups in total. The van der Waals surface area contributed by atoms with E-state index in [0.29, 0.717) is 20.3 Å². The molecule has 0 bridgehead atoms. The number of halogens is 2. The maximum atomic E-state index is 12.4. The van der Waals surface area contributed by atoms with Gasteiger partial charge in [-0.2, -0.15) is 13.5 Å². The van der Waals surface area contributed by atoms with E-state index in [1.807, 2.05) is 0 Å². The Hall–Kier alpha value is -2.83. The zero-order valence-corrected chi connectivity index (χ0v) is 18.9. The van der Waals surface area contributed by atoms with Crippen molar-refractivity contribution in [3.8, 4) is 5.75 Å². The van der Waals surface area contributed by atoms with Gasteiger partial charge in [0.05, 0.1) is 20.1 Å². The van der Waals surface area contributed by atoms with E-state index < -0.39 is 15.0 Å². The molecule has 0 fully saturated rings. The van der Waals surface area contributed by atoms with E-state index in [1.54, 1.807) is 30.3 Å². The molecule has 0 amide bonds. The molecule has 0 aliphatic heterocycles. The standard InChI is InChI=1S/C18H12Br2N4O5S/c19-15-8-12(10-22-23-17-7-6-13(11-21-17)24(25)26)9-16(20)18(15)29-30(27,28)14-4-2-1-3-5-14/h1-11H,(H,21,23). The third kappa shape index (κ3) is 5.40. The molecule has 9 nitrogen and oxygen atoms in total. The topological polar surface area (TPSA) is 124 Å². The highest BCUT2D eigenvalue weighted by Crippen LogP contribution is 2.36. The minimum Gasteiger partial charge on any atom is -0.377 e. The Morgan fingerprint density at radius 3 is 2.33 bits per heavy atom. The largest absolute Gasteiger partial charge is 0.377 e. The lowest BCUT2D eigenvalue weighted by molar-refractivity contribution is -0.385. The summed E-state index contributed by atoms with van der Waals surface area (Å²) in [6.07, 6.45) is 2.58. The predicted molar refractivity (Wildman–Crippen MR) is 118 cm³/mol. The van der Waals surface area contributed by atoms with Gasteiger partial charge in [0.25, 0.3) is 5.69 Å². The Morgan fingerprint density at radius 1 is 1.10 bits per heavy atom. The molecule has 2 aromatic carbocycles. The number of hydrazone groups is 1. The van der Waals surface area contributed by atoms with Crippen molar-refractivity contribution in [1.29, 1.82) is 0 Å². The average molecular weight is 556 g/mol. The monoisotopic (exact) mass is 554 g/mol. The molecule has 3 aromatic rings. The summed E-state index contributed by atoms with van der Waals surface area (Å²) in [5.74, 6) is 0.421. The molecule has 0 saturated carbocycles. The second-order valence-electron chi connectivity index (χ2n) is 5.69. The molecule has 0 radical (unpaired) electrons. The van der Waals surface area contributed by atoms with Gasteiger partial charge in [-0.25, -0.2) is 4.98 Å². The molecule has 0 aliphatic carbocycles. The van der Waals surface area contributed by atoms with Crippen LogP contribution in [0.4, 0.5) is 11.5 Å². The summed E-state index contributed by atoms with van der Waals surface area (Å²) in [4.78, 5) is 14.0. The normalized spacial score (nSPS) is 11.4. The molecule has 1 heterocycles. The van der Waals surface area contributed by atoms with E-state index in [1.165, 1.54) is 30.5 Å². The molecule has 0 unspecified atom stereocenters. The quantitative estimate of drug-likeness (QED) is 0.193. The molecule has 0 aliphatic rings. The van der Waals surface area contributed by atoms with Gasteiger partial charge >= 0.3 is 10.1 Å². The SMILES string of the molecule is O=[N+]([O-])c1ccc(NN=Cc2cc(Br)c(OS(=O)(=O)c3ccccc3)c(Br)c2)nc1. The van der Waals surface area contributed by atoms with Crippen LogP contribution >= 0.6 is 31.9 Å². The number of aromatic nitrogens is 1. The lowest BCUT2D eigenvalue weighted by Gasteiger charge is -2.11. The molecule has 3 rings (SSSR count). The number of rotatable bonds is 7. The molecule has 0 atom stereocenters. The number of nitrogens with zero attached hydrogens (tertiary/aromatic N) is 3. The fourth-order valence-electron chi connectivity index (χ4n) is 2.21. The Labute approximate surface area is 188 Å². The van der Waals surface area contributed by atoms with Crippen LogP contribution in [0.1, 0.15) is 5.56 Å². The van der Waals surface area contributed by atoms with Gasteiger partial charge in [0, 0.05) is 6.07 Å². The van der Waals surface area contributed by atoms with Crippen molar-refractivity contribution in [1.82, 2.24) is 4.98 Å². The first-order valence-corrected chi connectivity index (χ1v) is 11.1. The molecular weight excluding hydrogens is 544 g/mol. The van der Waals surface area contributed by atoms with Gasteiger partial charge < -0.3 is 4.18 Å². The first-order chi connectivity index (χ1) is 14.3. The number of hydrogen-bond donors (Lipinski definition) is 1. The molecule has 0 spiro atoms. The van der Waals surface area contributed by atoms with Crippen LogP contribution in [0, 0.1) is 10.1 Å². The number of benzene rings is 2. The Kier molecular flexibility index (Phi) is 6.80. The Balaban J connectivity index is 1.74. The summed E-state index contributed by atoms with van der Waals surface area (Å²) in [7, 11) is -4.00. The third-order valence-electron chi connectivity index (χ3n) is 3.60. The first kappa shape index (κ1) is 21.9. The summed E-state index contributed by atoms with van der Waals surface area (Å²) in [5, 5.41) is 14.6. The molecule has 1 aromatic heterocycles. The van der Waals surface area contributed by atoms with Crippen LogP contribution in [-0.2, 0) is 10.1 Å². The van der Waals surface area contributed by atoms with Gasteiger partial charge in [0.1, 0.15) is 16.9 Å². The van der Waals surface area contributed by atoms with Crippen molar-refractivity contribution in [3.63, 3.8) is 0 Å². The van der Waals surface area contributed by atoms with Crippen molar-refractivity contribution in [2.75, 3.05) is 5.43 Å². The second kappa shape index (κ2) is 9.32. The fraction of sp³-hybridized carbons (Fsp3) is 0. The van der Waals surface area contributed by atoms with Gasteiger partial charge in [-0.1, -0.05) is 18.2 Å². The molecular formula is C18H12Br2N4O5S. The smallest absolute Gasteiger partial charge is 0.339 e. The lowest BCUT2D eigenvalue weighted by Crippen LogP contribution is -2.10. The summed E-state index contributed by atoms with van der Waals surface area (Å²) in [6.45, 7) is 0. The van der Waals surface area contributed by atoms with Crippen LogP contribution < -0.4 is 9.61 Å². The average Bonchev–Trinajstić information content (AvgIpc) is 2.72. The minimum absolute atomic E-state index is 0.0363. The number of nitro groups is 1. The van der Waals surface area contributed by atoms with Crippen molar-refractivity contribution in [2.45, 2.75) is 4.90 Å². The molecule has 30 heavy (non-hydrogen) atoms. The van der Waals surface area contributed by atoms with Gasteiger partial charge in [0.15, 0.2) is 5.75 Å². The van der Waals surface area contributed by atoms with Crippen molar-refractivity contribution < 1.29 is 17.5 Å². The highest BCUT2D eigenvalue weighted by Gasteiger charge is 2.20. The van der Waals surface area contributed by atoms with E-state index in [4.69, 9.17) is 4.18 Å². The molecule has 12 heteroatoms. The van der Waals surface area contributed by atoms with Crippen molar-refractivity contribution in [3.05, 3.63) is 85.4 Å². The van der Waals surface area contributed by atoms with Gasteiger partial charge in [0.2, 0.25) is 0 Å². The van der Waals surface area contributed by atoms with Crippen LogP contribution in [0.25, 0.3) is 0 Å². The third-order valence-corrected chi connectivity index (χ3v) is 6.01. The molecule has 0 saturated heterocycles. The van der Waals surface area contributed by atoms with Crippen LogP contribution in [0.5, 0.6) is 5.75 Å². The van der Waals surface area contributed by atoms with Crippen LogP contribution in [0.3, 0.4) is 0 Å². The summed E-state index contributed by atoms with van der Waals surface area (Å²) < 4.78 is 30.9. The number of anilines is 1. The fourth-order valence-corrected chi connectivity index (χ4v) is 4.80. The summed E-state index contributed by atoms with van der Waals surface area (Å²) >= 11 is 6.61. The van der Waals surface area contributed by atoms with Crippen molar-refractivity contribution in [2.24, 2.45) is 5.10 Å². The van der Waals surface area contributed by atoms with E-state index in [9.17, 15) is 18.5 Å². The van der Waals surface area contributed by atoms with E-state index >= 15 is 0 Å². The minimum atomic E-state index is -4.00. The molecule has 154 valence electrons. The lowest BCUT2D eigenvalue weighted by atomic mass is 10.2. The highest BCUT2D eigenvalue weighted by atomic mass is 79.9. The van der Waals surface area contributed by atoms with Gasteiger partial charge in [-0.05, 0) is 67.8 Å². The number of pyridine rings is 1. The zero-order chi connectivity index (χ0) is 21.7.